The van der Waals surface area contributed by atoms with E-state index in [1.807, 2.05) is 6.92 Å². The van der Waals surface area contributed by atoms with Crippen LogP contribution in [0.25, 0.3) is 0 Å². The van der Waals surface area contributed by atoms with Crippen molar-refractivity contribution in [2.75, 3.05) is 0 Å². The van der Waals surface area contributed by atoms with Crippen molar-refractivity contribution < 1.29 is 13.6 Å². The van der Waals surface area contributed by atoms with Crippen LogP contribution in [0.15, 0.2) is 23.4 Å². The van der Waals surface area contributed by atoms with E-state index < -0.39 is 11.6 Å². The average Bonchev–Trinajstić information content (AvgIpc) is 2.23. The fourth-order valence-corrected chi connectivity index (χ4v) is 0.939. The van der Waals surface area contributed by atoms with Crippen LogP contribution < -0.4 is 0 Å². The highest BCUT2D eigenvalue weighted by Crippen LogP contribution is 2.09. The highest BCUT2D eigenvalue weighted by molar-refractivity contribution is 5.55. The van der Waals surface area contributed by atoms with E-state index in [2.05, 4.69) is 11.4 Å². The molecule has 0 N–H and O–H groups in total. The zero-order valence-corrected chi connectivity index (χ0v) is 8.46. The maximum Gasteiger partial charge on any atom is 0.159 e. The summed E-state index contributed by atoms with van der Waals surface area (Å²) < 4.78 is 25.3. The molecule has 0 heterocycles. The van der Waals surface area contributed by atoms with Crippen LogP contribution in [0.3, 0.4) is 0 Å². The Kier molecular flexibility index (Phi) is 4.74. The van der Waals surface area contributed by atoms with Crippen molar-refractivity contribution >= 4 is 6.21 Å². The Morgan fingerprint density at radius 1 is 1.33 bits per heavy atom. The van der Waals surface area contributed by atoms with Crippen LogP contribution in [0, 0.1) is 11.6 Å². The summed E-state index contributed by atoms with van der Waals surface area (Å²) >= 11 is 0. The number of hydrogen-bond acceptors (Lipinski definition) is 2. The van der Waals surface area contributed by atoms with E-state index in [1.165, 1.54) is 6.07 Å². The molecule has 0 fully saturated rings. The number of nitrogens with zero attached hydrogens (tertiary/aromatic N) is 1. The van der Waals surface area contributed by atoms with Crippen molar-refractivity contribution in [1.82, 2.24) is 0 Å². The van der Waals surface area contributed by atoms with Gasteiger partial charge in [-0.1, -0.05) is 24.6 Å². The Labute approximate surface area is 87.6 Å². The van der Waals surface area contributed by atoms with Crippen molar-refractivity contribution in [2.45, 2.75) is 26.4 Å². The number of unbranched alkanes of at least 4 members (excludes halogenated alkanes) is 1. The minimum Gasteiger partial charge on any atom is -0.391 e. The monoisotopic (exact) mass is 212 g/mol. The van der Waals surface area contributed by atoms with Crippen molar-refractivity contribution in [1.29, 1.82) is 0 Å². The quantitative estimate of drug-likeness (QED) is 0.542. The lowest BCUT2D eigenvalue weighted by Crippen LogP contribution is -1.91. The standard InChI is InChI=1S/C11H12F2NO/c1-2-3-6-14-15-8-9-4-5-10(12)11(13)7-9/h4-5,7H,2-3,8H2,1H3. The molecule has 0 saturated carbocycles. The van der Waals surface area contributed by atoms with Crippen LogP contribution >= 0.6 is 0 Å². The second kappa shape index (κ2) is 6.11. The minimum absolute atomic E-state index is 0.119. The van der Waals surface area contributed by atoms with E-state index >= 15 is 0 Å². The molecule has 1 rings (SSSR count). The summed E-state index contributed by atoms with van der Waals surface area (Å²) in [6, 6.07) is 3.60. The van der Waals surface area contributed by atoms with Gasteiger partial charge < -0.3 is 4.84 Å². The van der Waals surface area contributed by atoms with Gasteiger partial charge in [0.25, 0.3) is 0 Å². The van der Waals surface area contributed by atoms with E-state index in [4.69, 9.17) is 4.84 Å². The summed E-state index contributed by atoms with van der Waals surface area (Å²) in [7, 11) is 0. The molecule has 1 aromatic carbocycles. The summed E-state index contributed by atoms with van der Waals surface area (Å²) in [6.45, 7) is 2.12. The molecule has 0 aromatic heterocycles. The summed E-state index contributed by atoms with van der Waals surface area (Å²) in [4.78, 5) is 4.84. The highest BCUT2D eigenvalue weighted by atomic mass is 19.2. The second-order valence-corrected chi connectivity index (χ2v) is 3.02. The Bertz CT molecular complexity index is 339. The molecule has 0 aliphatic rings. The van der Waals surface area contributed by atoms with Gasteiger partial charge in [-0.05, 0) is 24.1 Å². The van der Waals surface area contributed by atoms with Gasteiger partial charge in [0, 0.05) is 0 Å². The van der Waals surface area contributed by atoms with Crippen LogP contribution in [-0.4, -0.2) is 6.21 Å². The fourth-order valence-electron chi connectivity index (χ4n) is 0.939. The van der Waals surface area contributed by atoms with Crippen molar-refractivity contribution in [3.8, 4) is 0 Å². The Balaban J connectivity index is 2.41. The van der Waals surface area contributed by atoms with Gasteiger partial charge in [0.1, 0.15) is 12.8 Å². The van der Waals surface area contributed by atoms with Gasteiger partial charge in [-0.2, -0.15) is 0 Å². The van der Waals surface area contributed by atoms with Crippen molar-refractivity contribution in [3.05, 3.63) is 35.4 Å². The molecule has 0 atom stereocenters. The summed E-state index contributed by atoms with van der Waals surface area (Å²) in [5.41, 5.74) is 0.538. The summed E-state index contributed by atoms with van der Waals surface area (Å²) in [5.74, 6) is -1.74. The van der Waals surface area contributed by atoms with Crippen molar-refractivity contribution in [2.24, 2.45) is 5.16 Å². The van der Waals surface area contributed by atoms with Gasteiger partial charge in [0.05, 0.1) is 0 Å². The number of hydrogen-bond donors (Lipinski definition) is 0. The van der Waals surface area contributed by atoms with Gasteiger partial charge >= 0.3 is 0 Å². The molecule has 0 bridgehead atoms. The van der Waals surface area contributed by atoms with E-state index in [-0.39, 0.29) is 6.61 Å². The molecule has 81 valence electrons. The molecule has 1 aromatic rings. The molecule has 15 heavy (non-hydrogen) atoms. The molecule has 2 nitrogen and oxygen atoms in total. The van der Waals surface area contributed by atoms with E-state index in [1.54, 1.807) is 0 Å². The van der Waals surface area contributed by atoms with Crippen LogP contribution in [0.4, 0.5) is 8.78 Å². The average molecular weight is 212 g/mol. The maximum atomic E-state index is 12.7. The molecule has 0 spiro atoms. The molecule has 0 aliphatic heterocycles. The first-order valence-electron chi connectivity index (χ1n) is 4.73. The zero-order valence-electron chi connectivity index (χ0n) is 8.46. The third-order valence-corrected chi connectivity index (χ3v) is 1.71. The van der Waals surface area contributed by atoms with Crippen LogP contribution in [0.1, 0.15) is 25.3 Å². The molecular formula is C11H12F2NO. The first kappa shape index (κ1) is 11.6. The maximum absolute atomic E-state index is 12.7. The predicted octanol–water partition coefficient (Wildman–Crippen LogP) is 3.14. The van der Waals surface area contributed by atoms with Gasteiger partial charge in [0.2, 0.25) is 0 Å². The third kappa shape index (κ3) is 4.06. The van der Waals surface area contributed by atoms with Crippen LogP contribution in [-0.2, 0) is 11.4 Å². The number of benzene rings is 1. The largest absolute Gasteiger partial charge is 0.391 e. The topological polar surface area (TPSA) is 21.6 Å². The molecule has 0 aliphatic carbocycles. The van der Waals surface area contributed by atoms with Gasteiger partial charge in [-0.3, -0.25) is 0 Å². The van der Waals surface area contributed by atoms with Gasteiger partial charge in [-0.15, -0.1) is 0 Å². The Morgan fingerprint density at radius 2 is 2.13 bits per heavy atom. The highest BCUT2D eigenvalue weighted by Gasteiger charge is 2.01. The van der Waals surface area contributed by atoms with E-state index in [9.17, 15) is 8.78 Å². The molecule has 4 heteroatoms. The SMILES string of the molecule is CCC/[C]=N/OCc1ccc(F)c(F)c1. The Morgan fingerprint density at radius 3 is 2.80 bits per heavy atom. The smallest absolute Gasteiger partial charge is 0.159 e. The molecular weight excluding hydrogens is 200 g/mol. The first-order valence-corrected chi connectivity index (χ1v) is 4.73. The van der Waals surface area contributed by atoms with Crippen molar-refractivity contribution in [3.63, 3.8) is 0 Å². The number of rotatable bonds is 5. The number of halogens is 2. The Hall–Kier alpha value is -1.45. The first-order chi connectivity index (χ1) is 7.24. The third-order valence-electron chi connectivity index (χ3n) is 1.71. The molecule has 0 saturated heterocycles. The molecule has 0 unspecified atom stereocenters. The lowest BCUT2D eigenvalue weighted by molar-refractivity contribution is 0.131. The van der Waals surface area contributed by atoms with Crippen LogP contribution in [0.2, 0.25) is 0 Å². The van der Waals surface area contributed by atoms with Crippen LogP contribution in [0.5, 0.6) is 0 Å². The van der Waals surface area contributed by atoms with Gasteiger partial charge in [0.15, 0.2) is 11.6 Å². The summed E-state index contributed by atoms with van der Waals surface area (Å²) in [6.07, 6.45) is 4.33. The lowest BCUT2D eigenvalue weighted by Gasteiger charge is -2.00. The summed E-state index contributed by atoms with van der Waals surface area (Å²) in [5, 5.41) is 3.54. The lowest BCUT2D eigenvalue weighted by atomic mass is 10.2. The fraction of sp³-hybridized carbons (Fsp3) is 0.364. The van der Waals surface area contributed by atoms with E-state index in [0.717, 1.165) is 25.0 Å². The molecule has 1 radical (unpaired) electrons. The van der Waals surface area contributed by atoms with E-state index in [0.29, 0.717) is 5.56 Å². The molecule has 0 amide bonds. The normalized spacial score (nSPS) is 10.9. The second-order valence-electron chi connectivity index (χ2n) is 3.02. The minimum atomic E-state index is -0.877. The predicted molar refractivity (Wildman–Crippen MR) is 53.5 cm³/mol. The zero-order chi connectivity index (χ0) is 11.1. The van der Waals surface area contributed by atoms with Gasteiger partial charge in [-0.25, -0.2) is 8.78 Å².